The highest BCUT2D eigenvalue weighted by Crippen LogP contribution is 2.05. The SMILES string of the molecule is CCC1C=C(N)C=N1. The van der Waals surface area contributed by atoms with Gasteiger partial charge in [0.1, 0.15) is 0 Å². The number of aliphatic imine (C=N–C) groups is 1. The second-order valence-electron chi connectivity index (χ2n) is 1.92. The van der Waals surface area contributed by atoms with E-state index in [1.165, 1.54) is 0 Å². The van der Waals surface area contributed by atoms with Gasteiger partial charge in [-0.3, -0.25) is 4.99 Å². The van der Waals surface area contributed by atoms with Crippen molar-refractivity contribution in [2.75, 3.05) is 0 Å². The fourth-order valence-corrected chi connectivity index (χ4v) is 0.713. The lowest BCUT2D eigenvalue weighted by Crippen LogP contribution is -1.95. The topological polar surface area (TPSA) is 38.4 Å². The third kappa shape index (κ3) is 0.886. The zero-order valence-electron chi connectivity index (χ0n) is 4.96. The maximum absolute atomic E-state index is 5.41. The minimum absolute atomic E-state index is 0.356. The monoisotopic (exact) mass is 110 g/mol. The lowest BCUT2D eigenvalue weighted by atomic mass is 10.2. The number of hydrogen-bond donors (Lipinski definition) is 1. The Morgan fingerprint density at radius 2 is 2.62 bits per heavy atom. The van der Waals surface area contributed by atoms with Gasteiger partial charge >= 0.3 is 0 Å². The molecular formula is C6H10N2. The Morgan fingerprint density at radius 1 is 1.88 bits per heavy atom. The first-order valence-electron chi connectivity index (χ1n) is 2.83. The number of nitrogens with two attached hydrogens (primary N) is 1. The molecule has 0 saturated heterocycles. The van der Waals surface area contributed by atoms with Crippen LogP contribution in [0.25, 0.3) is 0 Å². The maximum Gasteiger partial charge on any atom is 0.0701 e. The molecule has 0 spiro atoms. The first kappa shape index (κ1) is 5.35. The van der Waals surface area contributed by atoms with Crippen molar-refractivity contribution in [2.24, 2.45) is 10.7 Å². The molecule has 0 aromatic heterocycles. The molecule has 1 rings (SSSR count). The standard InChI is InChI=1S/C6H10N2/c1-2-6-3-5(7)4-8-6/h3-4,6H,2,7H2,1H3. The van der Waals surface area contributed by atoms with Crippen LogP contribution < -0.4 is 5.73 Å². The number of nitrogens with zero attached hydrogens (tertiary/aromatic N) is 1. The van der Waals surface area contributed by atoms with E-state index in [4.69, 9.17) is 5.73 Å². The van der Waals surface area contributed by atoms with Gasteiger partial charge in [0.15, 0.2) is 0 Å². The van der Waals surface area contributed by atoms with Gasteiger partial charge < -0.3 is 5.73 Å². The summed E-state index contributed by atoms with van der Waals surface area (Å²) in [6, 6.07) is 0.356. The molecule has 0 aliphatic carbocycles. The van der Waals surface area contributed by atoms with Gasteiger partial charge in [-0.2, -0.15) is 0 Å². The molecule has 1 aliphatic rings. The Morgan fingerprint density at radius 3 is 2.88 bits per heavy atom. The molecule has 1 heterocycles. The third-order valence-electron chi connectivity index (χ3n) is 1.22. The largest absolute Gasteiger partial charge is 0.398 e. The van der Waals surface area contributed by atoms with E-state index in [1.807, 2.05) is 6.08 Å². The summed E-state index contributed by atoms with van der Waals surface area (Å²) < 4.78 is 0. The Balaban J connectivity index is 2.55. The molecule has 1 atom stereocenters. The first-order valence-corrected chi connectivity index (χ1v) is 2.83. The summed E-state index contributed by atoms with van der Waals surface area (Å²) in [4.78, 5) is 4.09. The van der Waals surface area contributed by atoms with Crippen molar-refractivity contribution in [3.05, 3.63) is 11.8 Å². The lowest BCUT2D eigenvalue weighted by Gasteiger charge is -1.93. The summed E-state index contributed by atoms with van der Waals surface area (Å²) in [7, 11) is 0. The molecule has 0 bridgehead atoms. The summed E-state index contributed by atoms with van der Waals surface area (Å²) in [5, 5.41) is 0. The summed E-state index contributed by atoms with van der Waals surface area (Å²) in [5.74, 6) is 0. The van der Waals surface area contributed by atoms with Crippen LogP contribution in [0.3, 0.4) is 0 Å². The predicted octanol–water partition coefficient (Wildman–Crippen LogP) is 0.692. The molecule has 8 heavy (non-hydrogen) atoms. The van der Waals surface area contributed by atoms with Crippen LogP contribution in [-0.4, -0.2) is 12.3 Å². The van der Waals surface area contributed by atoms with E-state index in [1.54, 1.807) is 6.21 Å². The quantitative estimate of drug-likeness (QED) is 0.530. The highest BCUT2D eigenvalue weighted by Gasteiger charge is 2.03. The van der Waals surface area contributed by atoms with Crippen LogP contribution in [0.1, 0.15) is 13.3 Å². The molecule has 0 aromatic rings. The molecule has 1 aliphatic heterocycles. The van der Waals surface area contributed by atoms with Gasteiger partial charge in [-0.25, -0.2) is 0 Å². The lowest BCUT2D eigenvalue weighted by molar-refractivity contribution is 0.797. The zero-order chi connectivity index (χ0) is 5.98. The van der Waals surface area contributed by atoms with E-state index in [-0.39, 0.29) is 0 Å². The minimum Gasteiger partial charge on any atom is -0.398 e. The average molecular weight is 110 g/mol. The molecule has 2 N–H and O–H groups in total. The molecule has 0 saturated carbocycles. The van der Waals surface area contributed by atoms with Crippen molar-refractivity contribution in [1.82, 2.24) is 0 Å². The summed E-state index contributed by atoms with van der Waals surface area (Å²) >= 11 is 0. The molecule has 0 amide bonds. The molecule has 2 nitrogen and oxygen atoms in total. The Kier molecular flexibility index (Phi) is 1.33. The smallest absolute Gasteiger partial charge is 0.0701 e. The van der Waals surface area contributed by atoms with E-state index in [2.05, 4.69) is 11.9 Å². The molecular weight excluding hydrogens is 100 g/mol. The number of hydrogen-bond acceptors (Lipinski definition) is 2. The fourth-order valence-electron chi connectivity index (χ4n) is 0.713. The van der Waals surface area contributed by atoms with Crippen LogP contribution in [-0.2, 0) is 0 Å². The van der Waals surface area contributed by atoms with Crippen LogP contribution in [0.4, 0.5) is 0 Å². The van der Waals surface area contributed by atoms with Crippen molar-refractivity contribution in [1.29, 1.82) is 0 Å². The van der Waals surface area contributed by atoms with Crippen molar-refractivity contribution in [2.45, 2.75) is 19.4 Å². The van der Waals surface area contributed by atoms with Crippen LogP contribution in [0.2, 0.25) is 0 Å². The maximum atomic E-state index is 5.41. The third-order valence-corrected chi connectivity index (χ3v) is 1.22. The number of allylic oxidation sites excluding steroid dienone is 1. The van der Waals surface area contributed by atoms with Crippen LogP contribution in [0.5, 0.6) is 0 Å². The number of rotatable bonds is 1. The Hall–Kier alpha value is -0.790. The van der Waals surface area contributed by atoms with Crippen molar-refractivity contribution >= 4 is 6.21 Å². The summed E-state index contributed by atoms with van der Waals surface area (Å²) in [6.07, 6.45) is 4.74. The minimum atomic E-state index is 0.356. The molecule has 2 heteroatoms. The van der Waals surface area contributed by atoms with Crippen molar-refractivity contribution < 1.29 is 0 Å². The van der Waals surface area contributed by atoms with Gasteiger partial charge in [0.25, 0.3) is 0 Å². The van der Waals surface area contributed by atoms with E-state index in [0.29, 0.717) is 6.04 Å². The zero-order valence-corrected chi connectivity index (χ0v) is 4.96. The van der Waals surface area contributed by atoms with Crippen LogP contribution in [0.15, 0.2) is 16.8 Å². The second kappa shape index (κ2) is 1.99. The molecule has 0 aromatic carbocycles. The van der Waals surface area contributed by atoms with Crippen molar-refractivity contribution in [3.63, 3.8) is 0 Å². The van der Waals surface area contributed by atoms with Gasteiger partial charge in [0, 0.05) is 11.9 Å². The Labute approximate surface area is 49.1 Å². The van der Waals surface area contributed by atoms with Gasteiger partial charge in [-0.05, 0) is 12.5 Å². The summed E-state index contributed by atoms with van der Waals surface area (Å²) in [6.45, 7) is 2.09. The second-order valence-corrected chi connectivity index (χ2v) is 1.92. The molecule has 44 valence electrons. The van der Waals surface area contributed by atoms with E-state index < -0.39 is 0 Å². The highest BCUT2D eigenvalue weighted by atomic mass is 14.8. The van der Waals surface area contributed by atoms with E-state index in [0.717, 1.165) is 12.1 Å². The first-order chi connectivity index (χ1) is 3.83. The predicted molar refractivity (Wildman–Crippen MR) is 34.8 cm³/mol. The van der Waals surface area contributed by atoms with E-state index >= 15 is 0 Å². The summed E-state index contributed by atoms with van der Waals surface area (Å²) in [5.41, 5.74) is 6.22. The van der Waals surface area contributed by atoms with Gasteiger partial charge in [-0.1, -0.05) is 6.92 Å². The van der Waals surface area contributed by atoms with Crippen LogP contribution >= 0.6 is 0 Å². The van der Waals surface area contributed by atoms with Crippen molar-refractivity contribution in [3.8, 4) is 0 Å². The fraction of sp³-hybridized carbons (Fsp3) is 0.500. The van der Waals surface area contributed by atoms with Gasteiger partial charge in [0.2, 0.25) is 0 Å². The van der Waals surface area contributed by atoms with E-state index in [9.17, 15) is 0 Å². The average Bonchev–Trinajstić information content (AvgIpc) is 2.14. The van der Waals surface area contributed by atoms with Crippen LogP contribution in [0, 0.1) is 0 Å². The van der Waals surface area contributed by atoms with Gasteiger partial charge in [-0.15, -0.1) is 0 Å². The van der Waals surface area contributed by atoms with Gasteiger partial charge in [0.05, 0.1) is 6.04 Å². The molecule has 0 radical (unpaired) electrons. The molecule has 1 unspecified atom stereocenters. The molecule has 0 fully saturated rings. The highest BCUT2D eigenvalue weighted by molar-refractivity contribution is 5.80. The normalized spacial score (nSPS) is 26.1. The Bertz CT molecular complexity index is 135.